The lowest BCUT2D eigenvalue weighted by Gasteiger charge is -2.32. The van der Waals surface area contributed by atoms with Crippen LogP contribution in [-0.2, 0) is 22.4 Å². The average Bonchev–Trinajstić information content (AvgIpc) is 2.47. The van der Waals surface area contributed by atoms with E-state index in [1.54, 1.807) is 0 Å². The van der Waals surface area contributed by atoms with Crippen molar-refractivity contribution >= 4 is 5.91 Å². The molecule has 1 fully saturated rings. The van der Waals surface area contributed by atoms with E-state index in [0.717, 1.165) is 32.4 Å². The average molecular weight is 245 g/mol. The summed E-state index contributed by atoms with van der Waals surface area (Å²) in [6, 6.07) is 8.50. The van der Waals surface area contributed by atoms with Crippen LogP contribution in [0.3, 0.4) is 0 Å². The summed E-state index contributed by atoms with van der Waals surface area (Å²) < 4.78 is 5.30. The van der Waals surface area contributed by atoms with Gasteiger partial charge < -0.3 is 9.64 Å². The maximum absolute atomic E-state index is 12.4. The van der Waals surface area contributed by atoms with Crippen LogP contribution in [-0.4, -0.2) is 37.1 Å². The van der Waals surface area contributed by atoms with Gasteiger partial charge in [-0.05, 0) is 30.4 Å². The third kappa shape index (κ3) is 2.27. The minimum atomic E-state index is 0.179. The number of ether oxygens (including phenoxy) is 1. The van der Waals surface area contributed by atoms with Gasteiger partial charge in [0.15, 0.2) is 0 Å². The molecule has 1 aromatic rings. The molecule has 0 radical (unpaired) electrons. The summed E-state index contributed by atoms with van der Waals surface area (Å²) >= 11 is 0. The van der Waals surface area contributed by atoms with E-state index in [1.807, 2.05) is 4.90 Å². The van der Waals surface area contributed by atoms with E-state index in [1.165, 1.54) is 11.1 Å². The molecule has 3 nitrogen and oxygen atoms in total. The fourth-order valence-electron chi connectivity index (χ4n) is 2.95. The lowest BCUT2D eigenvalue weighted by atomic mass is 9.83. The van der Waals surface area contributed by atoms with Crippen LogP contribution in [0.5, 0.6) is 0 Å². The second kappa shape index (κ2) is 5.11. The number of carbonyl (C=O) groups is 1. The number of fused-ring (bicyclic) bond motifs is 1. The Balaban J connectivity index is 1.69. The van der Waals surface area contributed by atoms with Crippen LogP contribution in [0.25, 0.3) is 0 Å². The van der Waals surface area contributed by atoms with Crippen LogP contribution in [0.15, 0.2) is 24.3 Å². The first kappa shape index (κ1) is 11.7. The topological polar surface area (TPSA) is 29.5 Å². The highest BCUT2D eigenvalue weighted by Crippen LogP contribution is 2.26. The zero-order chi connectivity index (χ0) is 12.4. The fourth-order valence-corrected chi connectivity index (χ4v) is 2.95. The van der Waals surface area contributed by atoms with Gasteiger partial charge in [0.25, 0.3) is 0 Å². The van der Waals surface area contributed by atoms with Gasteiger partial charge in [0, 0.05) is 19.0 Å². The molecule has 1 aliphatic carbocycles. The molecule has 1 unspecified atom stereocenters. The largest absolute Gasteiger partial charge is 0.378 e. The lowest BCUT2D eigenvalue weighted by Crippen LogP contribution is -2.44. The van der Waals surface area contributed by atoms with Crippen LogP contribution >= 0.6 is 0 Å². The molecule has 1 aromatic carbocycles. The first-order chi connectivity index (χ1) is 8.84. The minimum Gasteiger partial charge on any atom is -0.378 e. The van der Waals surface area contributed by atoms with Crippen LogP contribution in [0.1, 0.15) is 17.5 Å². The van der Waals surface area contributed by atoms with Gasteiger partial charge in [-0.1, -0.05) is 24.3 Å². The zero-order valence-electron chi connectivity index (χ0n) is 10.6. The Morgan fingerprint density at radius 3 is 2.67 bits per heavy atom. The summed E-state index contributed by atoms with van der Waals surface area (Å²) in [5.74, 6) is 0.505. The number of amides is 1. The third-order valence-electron chi connectivity index (χ3n) is 4.02. The molecule has 1 heterocycles. The van der Waals surface area contributed by atoms with Crippen LogP contribution in [0.2, 0.25) is 0 Å². The Labute approximate surface area is 108 Å². The lowest BCUT2D eigenvalue weighted by molar-refractivity contribution is -0.140. The third-order valence-corrected chi connectivity index (χ3v) is 4.02. The van der Waals surface area contributed by atoms with Gasteiger partial charge in [-0.3, -0.25) is 4.79 Å². The fraction of sp³-hybridized carbons (Fsp3) is 0.533. The number of hydrogen-bond donors (Lipinski definition) is 0. The monoisotopic (exact) mass is 245 g/mol. The van der Waals surface area contributed by atoms with Gasteiger partial charge in [-0.2, -0.15) is 0 Å². The second-order valence-corrected chi connectivity index (χ2v) is 5.15. The molecule has 1 atom stereocenters. The summed E-state index contributed by atoms with van der Waals surface area (Å²) in [6.45, 7) is 2.90. The van der Waals surface area contributed by atoms with Crippen molar-refractivity contribution in [2.75, 3.05) is 26.3 Å². The van der Waals surface area contributed by atoms with E-state index in [9.17, 15) is 4.79 Å². The van der Waals surface area contributed by atoms with E-state index >= 15 is 0 Å². The highest BCUT2D eigenvalue weighted by Gasteiger charge is 2.28. The highest BCUT2D eigenvalue weighted by molar-refractivity contribution is 5.79. The van der Waals surface area contributed by atoms with Gasteiger partial charge in [0.2, 0.25) is 5.91 Å². The van der Waals surface area contributed by atoms with Gasteiger partial charge >= 0.3 is 0 Å². The molecule has 2 aliphatic rings. The highest BCUT2D eigenvalue weighted by atomic mass is 16.5. The number of rotatable bonds is 1. The number of carbonyl (C=O) groups excluding carboxylic acids is 1. The van der Waals surface area contributed by atoms with Crippen LogP contribution < -0.4 is 0 Å². The first-order valence-electron chi connectivity index (χ1n) is 6.78. The van der Waals surface area contributed by atoms with E-state index < -0.39 is 0 Å². The summed E-state index contributed by atoms with van der Waals surface area (Å²) in [7, 11) is 0. The number of nitrogens with zero attached hydrogens (tertiary/aromatic N) is 1. The van der Waals surface area contributed by atoms with Gasteiger partial charge in [-0.15, -0.1) is 0 Å². The molecule has 3 heteroatoms. The number of aryl methyl sites for hydroxylation is 1. The molecular weight excluding hydrogens is 226 g/mol. The zero-order valence-corrected chi connectivity index (χ0v) is 10.6. The van der Waals surface area contributed by atoms with Crippen LogP contribution in [0.4, 0.5) is 0 Å². The molecule has 0 spiro atoms. The first-order valence-corrected chi connectivity index (χ1v) is 6.78. The molecule has 0 saturated carbocycles. The number of morpholine rings is 1. The van der Waals surface area contributed by atoms with E-state index in [4.69, 9.17) is 4.74 Å². The maximum atomic E-state index is 12.4. The normalized spacial score (nSPS) is 23.6. The SMILES string of the molecule is O=C(C1CCc2ccccc2C1)N1CCOCC1. The summed E-state index contributed by atoms with van der Waals surface area (Å²) in [4.78, 5) is 14.4. The Morgan fingerprint density at radius 1 is 1.17 bits per heavy atom. The molecule has 1 saturated heterocycles. The van der Waals surface area contributed by atoms with Crippen molar-refractivity contribution in [3.8, 4) is 0 Å². The van der Waals surface area contributed by atoms with Gasteiger partial charge in [-0.25, -0.2) is 0 Å². The summed E-state index contributed by atoms with van der Waals surface area (Å²) in [5.41, 5.74) is 2.78. The number of benzene rings is 1. The van der Waals surface area contributed by atoms with E-state index in [-0.39, 0.29) is 5.92 Å². The standard InChI is InChI=1S/C15H19NO2/c17-15(16-7-9-18-10-8-16)14-6-5-12-3-1-2-4-13(12)11-14/h1-4,14H,5-11H2. The quantitative estimate of drug-likeness (QED) is 0.753. The molecule has 3 rings (SSSR count). The number of hydrogen-bond acceptors (Lipinski definition) is 2. The smallest absolute Gasteiger partial charge is 0.226 e. The molecule has 0 bridgehead atoms. The van der Waals surface area contributed by atoms with Crippen molar-refractivity contribution in [1.82, 2.24) is 4.90 Å². The Morgan fingerprint density at radius 2 is 1.89 bits per heavy atom. The van der Waals surface area contributed by atoms with Crippen molar-refractivity contribution in [3.63, 3.8) is 0 Å². The Hall–Kier alpha value is -1.35. The molecule has 0 aromatic heterocycles. The molecule has 18 heavy (non-hydrogen) atoms. The van der Waals surface area contributed by atoms with Crippen LogP contribution in [0, 0.1) is 5.92 Å². The second-order valence-electron chi connectivity index (χ2n) is 5.15. The van der Waals surface area contributed by atoms with Crippen molar-refractivity contribution in [3.05, 3.63) is 35.4 Å². The molecule has 0 N–H and O–H groups in total. The van der Waals surface area contributed by atoms with Crippen molar-refractivity contribution in [2.45, 2.75) is 19.3 Å². The van der Waals surface area contributed by atoms with Gasteiger partial charge in [0.05, 0.1) is 13.2 Å². The van der Waals surface area contributed by atoms with Crippen molar-refractivity contribution in [1.29, 1.82) is 0 Å². The minimum absolute atomic E-state index is 0.179. The predicted octanol–water partition coefficient (Wildman–Crippen LogP) is 1.65. The predicted molar refractivity (Wildman–Crippen MR) is 69.4 cm³/mol. The maximum Gasteiger partial charge on any atom is 0.226 e. The molecular formula is C15H19NO2. The van der Waals surface area contributed by atoms with Crippen molar-refractivity contribution < 1.29 is 9.53 Å². The Kier molecular flexibility index (Phi) is 3.33. The van der Waals surface area contributed by atoms with E-state index in [2.05, 4.69) is 24.3 Å². The molecule has 1 aliphatic heterocycles. The van der Waals surface area contributed by atoms with E-state index in [0.29, 0.717) is 19.1 Å². The summed E-state index contributed by atoms with van der Waals surface area (Å²) in [6.07, 6.45) is 2.94. The molecule has 96 valence electrons. The molecule has 1 amide bonds. The van der Waals surface area contributed by atoms with Gasteiger partial charge in [0.1, 0.15) is 0 Å². The Bertz CT molecular complexity index is 438. The summed E-state index contributed by atoms with van der Waals surface area (Å²) in [5, 5.41) is 0. The van der Waals surface area contributed by atoms with Crippen molar-refractivity contribution in [2.24, 2.45) is 5.92 Å².